The van der Waals surface area contributed by atoms with Crippen molar-refractivity contribution in [3.05, 3.63) is 24.3 Å². The molecule has 62 heavy (non-hydrogen) atoms. The third-order valence-corrected chi connectivity index (χ3v) is 12.5. The van der Waals surface area contributed by atoms with Crippen LogP contribution in [0.3, 0.4) is 0 Å². The lowest BCUT2D eigenvalue weighted by Crippen LogP contribution is -2.30. The zero-order valence-corrected chi connectivity index (χ0v) is 42.2. The van der Waals surface area contributed by atoms with Crippen molar-refractivity contribution < 1.29 is 23.8 Å². The van der Waals surface area contributed by atoms with Crippen molar-refractivity contribution in [2.45, 2.75) is 309 Å². The molecule has 0 N–H and O–H groups in total. The number of carbonyl (C=O) groups is 2. The summed E-state index contributed by atoms with van der Waals surface area (Å²) in [7, 11) is 0. The molecule has 0 fully saturated rings. The van der Waals surface area contributed by atoms with Crippen molar-refractivity contribution in [1.29, 1.82) is 0 Å². The lowest BCUT2D eigenvalue weighted by molar-refractivity contribution is -0.163. The number of rotatable bonds is 52. The minimum atomic E-state index is -0.537. The summed E-state index contributed by atoms with van der Waals surface area (Å²) in [4.78, 5) is 25.5. The molecule has 0 aliphatic rings. The van der Waals surface area contributed by atoms with Gasteiger partial charge in [0.15, 0.2) is 6.10 Å². The minimum absolute atomic E-state index is 0.0864. The maximum absolute atomic E-state index is 12.8. The van der Waals surface area contributed by atoms with Gasteiger partial charge in [-0.3, -0.25) is 9.59 Å². The number of esters is 2. The fraction of sp³-hybridized carbons (Fsp3) is 0.895. The molecule has 0 aromatic carbocycles. The standard InChI is InChI=1S/C57H108O5/c1-4-7-10-13-16-19-22-25-28-29-31-32-35-38-41-44-47-50-56(58)61-54-55(53-60-52-49-46-43-40-37-34-27-24-21-18-15-12-9-6-3)62-57(59)51-48-45-42-39-36-33-30-26-23-20-17-14-11-8-5-2/h21,24,26,30,55H,4-20,22-23,25,27-29,31-54H2,1-3H3/b24-21-,30-26-. The maximum Gasteiger partial charge on any atom is 0.306 e. The molecule has 5 nitrogen and oxygen atoms in total. The SMILES string of the molecule is CCCCCC/C=C\CCCCCCCCOCC(COC(=O)CCCCCCCCCCCCCCCCCCC)OC(=O)CCCCCCC/C=C\CCCCCCCC. The van der Waals surface area contributed by atoms with E-state index in [1.165, 1.54) is 218 Å². The van der Waals surface area contributed by atoms with E-state index in [1.54, 1.807) is 0 Å². The average Bonchev–Trinajstić information content (AvgIpc) is 3.27. The van der Waals surface area contributed by atoms with Crippen molar-refractivity contribution in [3.63, 3.8) is 0 Å². The second-order valence-electron chi connectivity index (χ2n) is 18.8. The van der Waals surface area contributed by atoms with Crippen LogP contribution in [0.5, 0.6) is 0 Å². The van der Waals surface area contributed by atoms with Gasteiger partial charge in [-0.15, -0.1) is 0 Å². The second kappa shape index (κ2) is 53.7. The van der Waals surface area contributed by atoms with Gasteiger partial charge in [-0.05, 0) is 70.6 Å². The molecule has 366 valence electrons. The first kappa shape index (κ1) is 60.4. The first-order valence-electron chi connectivity index (χ1n) is 27.9. The van der Waals surface area contributed by atoms with Gasteiger partial charge in [0.2, 0.25) is 0 Å². The van der Waals surface area contributed by atoms with Crippen LogP contribution in [0.15, 0.2) is 24.3 Å². The topological polar surface area (TPSA) is 61.8 Å². The predicted octanol–water partition coefficient (Wildman–Crippen LogP) is 18.8. The molecule has 0 radical (unpaired) electrons. The molecule has 0 spiro atoms. The average molecular weight is 873 g/mol. The van der Waals surface area contributed by atoms with E-state index in [0.29, 0.717) is 19.4 Å². The van der Waals surface area contributed by atoms with Crippen LogP contribution >= 0.6 is 0 Å². The van der Waals surface area contributed by atoms with Gasteiger partial charge in [0, 0.05) is 19.4 Å². The molecule has 5 heteroatoms. The molecule has 0 saturated heterocycles. The summed E-state index contributed by atoms with van der Waals surface area (Å²) in [5, 5.41) is 0. The summed E-state index contributed by atoms with van der Waals surface area (Å²) in [6.07, 6.45) is 63.3. The summed E-state index contributed by atoms with van der Waals surface area (Å²) < 4.78 is 17.4. The first-order valence-corrected chi connectivity index (χ1v) is 27.9. The summed E-state index contributed by atoms with van der Waals surface area (Å²) in [6.45, 7) is 7.85. The Hall–Kier alpha value is -1.62. The maximum atomic E-state index is 12.8. The quantitative estimate of drug-likeness (QED) is 0.0346. The number of allylic oxidation sites excluding steroid dienone is 4. The largest absolute Gasteiger partial charge is 0.462 e. The van der Waals surface area contributed by atoms with Crippen LogP contribution in [-0.4, -0.2) is 37.9 Å². The summed E-state index contributed by atoms with van der Waals surface area (Å²) in [6, 6.07) is 0. The van der Waals surface area contributed by atoms with Crippen LogP contribution in [0.2, 0.25) is 0 Å². The molecule has 0 saturated carbocycles. The monoisotopic (exact) mass is 873 g/mol. The zero-order valence-electron chi connectivity index (χ0n) is 42.2. The molecule has 0 bridgehead atoms. The highest BCUT2D eigenvalue weighted by Crippen LogP contribution is 2.16. The van der Waals surface area contributed by atoms with Crippen LogP contribution < -0.4 is 0 Å². The molecule has 1 atom stereocenters. The van der Waals surface area contributed by atoms with Gasteiger partial charge >= 0.3 is 11.9 Å². The van der Waals surface area contributed by atoms with Crippen LogP contribution in [0.25, 0.3) is 0 Å². The van der Waals surface area contributed by atoms with E-state index in [-0.39, 0.29) is 25.2 Å². The number of ether oxygens (including phenoxy) is 3. The van der Waals surface area contributed by atoms with Gasteiger partial charge in [0.1, 0.15) is 6.61 Å². The molecular weight excluding hydrogens is 765 g/mol. The third-order valence-electron chi connectivity index (χ3n) is 12.5. The molecule has 0 aromatic heterocycles. The van der Waals surface area contributed by atoms with Gasteiger partial charge in [0.05, 0.1) is 6.61 Å². The smallest absolute Gasteiger partial charge is 0.306 e. The van der Waals surface area contributed by atoms with Crippen molar-refractivity contribution in [2.75, 3.05) is 19.8 Å². The highest BCUT2D eigenvalue weighted by molar-refractivity contribution is 5.70. The molecule has 0 aliphatic carbocycles. The lowest BCUT2D eigenvalue weighted by atomic mass is 10.0. The highest BCUT2D eigenvalue weighted by atomic mass is 16.6. The van der Waals surface area contributed by atoms with Gasteiger partial charge < -0.3 is 14.2 Å². The molecule has 1 unspecified atom stereocenters. The van der Waals surface area contributed by atoms with Crippen LogP contribution in [0.4, 0.5) is 0 Å². The van der Waals surface area contributed by atoms with E-state index in [2.05, 4.69) is 45.1 Å². The predicted molar refractivity (Wildman–Crippen MR) is 270 cm³/mol. The summed E-state index contributed by atoms with van der Waals surface area (Å²) in [5.41, 5.74) is 0. The molecule has 0 amide bonds. The van der Waals surface area contributed by atoms with Crippen molar-refractivity contribution in [2.24, 2.45) is 0 Å². The molecule has 0 aromatic rings. The molecular formula is C57H108O5. The third kappa shape index (κ3) is 51.0. The van der Waals surface area contributed by atoms with E-state index in [4.69, 9.17) is 14.2 Å². The van der Waals surface area contributed by atoms with Crippen LogP contribution in [0, 0.1) is 0 Å². The molecule has 0 heterocycles. The highest BCUT2D eigenvalue weighted by Gasteiger charge is 2.17. The Labute approximate surface area is 387 Å². The minimum Gasteiger partial charge on any atom is -0.462 e. The summed E-state index contributed by atoms with van der Waals surface area (Å²) >= 11 is 0. The molecule has 0 aliphatic heterocycles. The fourth-order valence-corrected chi connectivity index (χ4v) is 8.27. The van der Waals surface area contributed by atoms with Gasteiger partial charge in [-0.2, -0.15) is 0 Å². The van der Waals surface area contributed by atoms with E-state index in [9.17, 15) is 9.59 Å². The van der Waals surface area contributed by atoms with Gasteiger partial charge in [-0.25, -0.2) is 0 Å². The fourth-order valence-electron chi connectivity index (χ4n) is 8.27. The molecule has 0 rings (SSSR count). The van der Waals surface area contributed by atoms with Crippen LogP contribution in [-0.2, 0) is 23.8 Å². The number of carbonyl (C=O) groups excluding carboxylic acids is 2. The first-order chi connectivity index (χ1) is 30.6. The van der Waals surface area contributed by atoms with Crippen LogP contribution in [0.1, 0.15) is 303 Å². The normalized spacial score (nSPS) is 12.2. The Morgan fingerprint density at radius 3 is 1.00 bits per heavy atom. The van der Waals surface area contributed by atoms with E-state index >= 15 is 0 Å². The number of hydrogen-bond donors (Lipinski definition) is 0. The summed E-state index contributed by atoms with van der Waals surface area (Å²) in [5.74, 6) is -0.390. The van der Waals surface area contributed by atoms with Crippen molar-refractivity contribution in [3.8, 4) is 0 Å². The Morgan fingerprint density at radius 2 is 0.629 bits per heavy atom. The zero-order chi connectivity index (χ0) is 44.9. The lowest BCUT2D eigenvalue weighted by Gasteiger charge is -2.18. The number of unbranched alkanes of at least 4 members (excludes halogenated alkanes) is 37. The van der Waals surface area contributed by atoms with E-state index in [1.807, 2.05) is 0 Å². The Morgan fingerprint density at radius 1 is 0.339 bits per heavy atom. The van der Waals surface area contributed by atoms with E-state index in [0.717, 1.165) is 51.4 Å². The van der Waals surface area contributed by atoms with Crippen molar-refractivity contribution in [1.82, 2.24) is 0 Å². The Kier molecular flexibility index (Phi) is 52.3. The second-order valence-corrected chi connectivity index (χ2v) is 18.8. The van der Waals surface area contributed by atoms with Crippen molar-refractivity contribution >= 4 is 11.9 Å². The Balaban J connectivity index is 4.23. The van der Waals surface area contributed by atoms with Gasteiger partial charge in [-0.1, -0.05) is 244 Å². The van der Waals surface area contributed by atoms with E-state index < -0.39 is 6.10 Å². The Bertz CT molecular complexity index is 943. The number of hydrogen-bond acceptors (Lipinski definition) is 5. The van der Waals surface area contributed by atoms with Gasteiger partial charge in [0.25, 0.3) is 0 Å².